The number of likely N-dealkylation sites (tertiary alicyclic amines) is 1. The van der Waals surface area contributed by atoms with Crippen LogP contribution < -0.4 is 10.3 Å². The summed E-state index contributed by atoms with van der Waals surface area (Å²) in [7, 11) is 1.64. The van der Waals surface area contributed by atoms with Gasteiger partial charge in [-0.3, -0.25) is 9.59 Å². The zero-order valence-electron chi connectivity index (χ0n) is 17.7. The van der Waals surface area contributed by atoms with E-state index in [4.69, 9.17) is 4.74 Å². The van der Waals surface area contributed by atoms with Gasteiger partial charge in [0.2, 0.25) is 5.91 Å². The summed E-state index contributed by atoms with van der Waals surface area (Å²) in [6.45, 7) is 2.26. The fourth-order valence-corrected chi connectivity index (χ4v) is 5.72. The Morgan fingerprint density at radius 3 is 2.47 bits per heavy atom. The number of ether oxygens (including phenoxy) is 1. The van der Waals surface area contributed by atoms with E-state index in [9.17, 15) is 9.59 Å². The molecule has 5 nitrogen and oxygen atoms in total. The highest BCUT2D eigenvalue weighted by atomic mass is 16.5. The molecule has 2 bridgehead atoms. The van der Waals surface area contributed by atoms with Crippen LogP contribution in [0.3, 0.4) is 0 Å². The average Bonchev–Trinajstić information content (AvgIpc) is 2.80. The minimum atomic E-state index is 0.0828. The molecule has 2 aliphatic heterocycles. The molecule has 1 amide bonds. The Kier molecular flexibility index (Phi) is 5.13. The van der Waals surface area contributed by atoms with Gasteiger partial charge in [0.05, 0.1) is 7.11 Å². The van der Waals surface area contributed by atoms with E-state index < -0.39 is 0 Å². The van der Waals surface area contributed by atoms with Crippen LogP contribution >= 0.6 is 0 Å². The number of aromatic nitrogens is 1. The minimum absolute atomic E-state index is 0.0828. The topological polar surface area (TPSA) is 51.5 Å². The largest absolute Gasteiger partial charge is 0.497 e. The second-order valence-electron chi connectivity index (χ2n) is 9.19. The molecular formula is C25H30N2O3. The normalized spacial score (nSPS) is 23.7. The number of carbonyl (C=O) groups is 1. The van der Waals surface area contributed by atoms with Crippen molar-refractivity contribution < 1.29 is 9.53 Å². The van der Waals surface area contributed by atoms with Crippen LogP contribution in [0.2, 0.25) is 0 Å². The summed E-state index contributed by atoms with van der Waals surface area (Å²) in [4.78, 5) is 28.5. The molecule has 0 unspecified atom stereocenters. The maximum absolute atomic E-state index is 13.3. The number of nitrogens with zero attached hydrogens (tertiary/aromatic N) is 2. The van der Waals surface area contributed by atoms with Crippen LogP contribution in [0, 0.1) is 11.8 Å². The van der Waals surface area contributed by atoms with Crippen LogP contribution in [0.4, 0.5) is 0 Å². The zero-order chi connectivity index (χ0) is 20.7. The lowest BCUT2D eigenvalue weighted by Gasteiger charge is -2.44. The first-order valence-corrected chi connectivity index (χ1v) is 11.3. The number of hydrogen-bond donors (Lipinski definition) is 0. The molecule has 3 aliphatic rings. The van der Waals surface area contributed by atoms with Gasteiger partial charge in [0.25, 0.3) is 5.56 Å². The Morgan fingerprint density at radius 1 is 0.967 bits per heavy atom. The van der Waals surface area contributed by atoms with Gasteiger partial charge < -0.3 is 14.2 Å². The van der Waals surface area contributed by atoms with Crippen molar-refractivity contribution in [1.82, 2.24) is 9.47 Å². The number of amides is 1. The lowest BCUT2D eigenvalue weighted by atomic mass is 9.81. The second-order valence-corrected chi connectivity index (χ2v) is 9.19. The molecule has 5 rings (SSSR count). The molecule has 2 fully saturated rings. The van der Waals surface area contributed by atoms with Crippen molar-refractivity contribution in [2.24, 2.45) is 11.8 Å². The average molecular weight is 407 g/mol. The third-order valence-electron chi connectivity index (χ3n) is 7.27. The first kappa shape index (κ1) is 19.4. The molecule has 5 heteroatoms. The second kappa shape index (κ2) is 7.93. The fourth-order valence-electron chi connectivity index (χ4n) is 5.72. The van der Waals surface area contributed by atoms with Crippen LogP contribution in [0.5, 0.6) is 5.75 Å². The first-order chi connectivity index (χ1) is 14.6. The van der Waals surface area contributed by atoms with E-state index in [0.29, 0.717) is 18.4 Å². The SMILES string of the molecule is COc1ccc(-c2ccc3n(c2=O)C[C@H]2C[C@@H]3CN(C(=O)C3CCCCC3)C2)cc1. The van der Waals surface area contributed by atoms with Crippen LogP contribution in [0.1, 0.15) is 50.1 Å². The van der Waals surface area contributed by atoms with E-state index in [-0.39, 0.29) is 17.4 Å². The summed E-state index contributed by atoms with van der Waals surface area (Å²) in [6, 6.07) is 11.7. The molecule has 1 aromatic heterocycles. The third kappa shape index (κ3) is 3.44. The van der Waals surface area contributed by atoms with Gasteiger partial charge >= 0.3 is 0 Å². The molecule has 3 heterocycles. The zero-order valence-corrected chi connectivity index (χ0v) is 17.7. The van der Waals surface area contributed by atoms with E-state index in [1.165, 1.54) is 19.3 Å². The molecule has 30 heavy (non-hydrogen) atoms. The Labute approximate surface area is 177 Å². The molecule has 1 aliphatic carbocycles. The molecule has 0 spiro atoms. The first-order valence-electron chi connectivity index (χ1n) is 11.3. The van der Waals surface area contributed by atoms with E-state index in [2.05, 4.69) is 11.0 Å². The van der Waals surface area contributed by atoms with E-state index in [0.717, 1.165) is 54.9 Å². The van der Waals surface area contributed by atoms with E-state index in [1.807, 2.05) is 34.9 Å². The van der Waals surface area contributed by atoms with Gasteiger partial charge in [0.15, 0.2) is 0 Å². The summed E-state index contributed by atoms with van der Waals surface area (Å²) in [5.74, 6) is 2.00. The van der Waals surface area contributed by atoms with Gasteiger partial charge in [0, 0.05) is 42.7 Å². The molecular weight excluding hydrogens is 376 g/mol. The van der Waals surface area contributed by atoms with Crippen LogP contribution in [-0.2, 0) is 11.3 Å². The Balaban J connectivity index is 1.40. The Hall–Kier alpha value is -2.56. The highest BCUT2D eigenvalue weighted by Gasteiger charge is 2.38. The van der Waals surface area contributed by atoms with Gasteiger partial charge in [-0.25, -0.2) is 0 Å². The standard InChI is InChI=1S/C25H30N2O3/c1-30-21-9-7-18(8-10-21)22-11-12-23-20-13-17(15-27(23)25(22)29)14-26(16-20)24(28)19-5-3-2-4-6-19/h7-12,17,19-20H,2-6,13-16H2,1H3/t17-,20+/m0/s1. The number of rotatable bonds is 3. The van der Waals surface area contributed by atoms with Crippen molar-refractivity contribution >= 4 is 5.91 Å². The number of hydrogen-bond acceptors (Lipinski definition) is 3. The quantitative estimate of drug-likeness (QED) is 0.773. The molecule has 0 radical (unpaired) electrons. The van der Waals surface area contributed by atoms with Crippen molar-refractivity contribution in [3.8, 4) is 16.9 Å². The summed E-state index contributed by atoms with van der Waals surface area (Å²) >= 11 is 0. The minimum Gasteiger partial charge on any atom is -0.497 e. The lowest BCUT2D eigenvalue weighted by molar-refractivity contribution is -0.139. The summed E-state index contributed by atoms with van der Waals surface area (Å²) in [5.41, 5.74) is 2.83. The Bertz CT molecular complexity index is 988. The number of pyridine rings is 1. The molecule has 1 saturated heterocycles. The van der Waals surface area contributed by atoms with Gasteiger partial charge in [-0.2, -0.15) is 0 Å². The number of benzene rings is 1. The van der Waals surface area contributed by atoms with Crippen LogP contribution in [-0.4, -0.2) is 35.6 Å². The fraction of sp³-hybridized carbons (Fsp3) is 0.520. The highest BCUT2D eigenvalue weighted by Crippen LogP contribution is 2.37. The highest BCUT2D eigenvalue weighted by molar-refractivity contribution is 5.79. The molecule has 158 valence electrons. The number of fused-ring (bicyclic) bond motifs is 4. The molecule has 1 saturated carbocycles. The van der Waals surface area contributed by atoms with Crippen molar-refractivity contribution in [3.63, 3.8) is 0 Å². The summed E-state index contributed by atoms with van der Waals surface area (Å²) < 4.78 is 7.21. The lowest BCUT2D eigenvalue weighted by Crippen LogP contribution is -2.50. The van der Waals surface area contributed by atoms with E-state index in [1.54, 1.807) is 7.11 Å². The summed E-state index contributed by atoms with van der Waals surface area (Å²) in [6.07, 6.45) is 6.81. The van der Waals surface area contributed by atoms with Crippen molar-refractivity contribution in [2.45, 2.75) is 51.0 Å². The molecule has 2 aromatic rings. The van der Waals surface area contributed by atoms with Gasteiger partial charge in [-0.15, -0.1) is 0 Å². The number of carbonyl (C=O) groups excluding carboxylic acids is 1. The van der Waals surface area contributed by atoms with Crippen LogP contribution in [0.15, 0.2) is 41.2 Å². The van der Waals surface area contributed by atoms with E-state index >= 15 is 0 Å². The molecule has 1 aromatic carbocycles. The van der Waals surface area contributed by atoms with Gasteiger partial charge in [-0.1, -0.05) is 31.4 Å². The van der Waals surface area contributed by atoms with Gasteiger partial charge in [0.1, 0.15) is 5.75 Å². The van der Waals surface area contributed by atoms with Crippen molar-refractivity contribution in [2.75, 3.05) is 20.2 Å². The van der Waals surface area contributed by atoms with Gasteiger partial charge in [-0.05, 0) is 55.0 Å². The maximum Gasteiger partial charge on any atom is 0.258 e. The monoisotopic (exact) mass is 406 g/mol. The molecule has 2 atom stereocenters. The number of methoxy groups -OCH3 is 1. The predicted octanol–water partition coefficient (Wildman–Crippen LogP) is 4.05. The Morgan fingerprint density at radius 2 is 1.73 bits per heavy atom. The predicted molar refractivity (Wildman–Crippen MR) is 117 cm³/mol. The van der Waals surface area contributed by atoms with Crippen molar-refractivity contribution in [3.05, 3.63) is 52.4 Å². The third-order valence-corrected chi connectivity index (χ3v) is 7.27. The van der Waals surface area contributed by atoms with Crippen molar-refractivity contribution in [1.29, 1.82) is 0 Å². The summed E-state index contributed by atoms with van der Waals surface area (Å²) in [5, 5.41) is 0. The maximum atomic E-state index is 13.3. The van der Waals surface area contributed by atoms with Crippen LogP contribution in [0.25, 0.3) is 11.1 Å². The smallest absolute Gasteiger partial charge is 0.258 e. The molecule has 0 N–H and O–H groups in total. The number of piperidine rings is 1.